The van der Waals surface area contributed by atoms with Crippen LogP contribution in [-0.2, 0) is 0 Å². The first kappa shape index (κ1) is 11.7. The number of hydrogen-bond donors (Lipinski definition) is 1. The van der Waals surface area contributed by atoms with Crippen molar-refractivity contribution < 1.29 is 8.78 Å². The molecule has 18 heavy (non-hydrogen) atoms. The van der Waals surface area contributed by atoms with E-state index in [1.807, 2.05) is 6.92 Å². The molecule has 0 heterocycles. The number of benzene rings is 1. The van der Waals surface area contributed by atoms with E-state index in [0.29, 0.717) is 17.8 Å². The minimum absolute atomic E-state index is 0.0109. The van der Waals surface area contributed by atoms with Gasteiger partial charge in [0.1, 0.15) is 17.3 Å². The number of halogens is 2. The molecule has 0 spiro atoms. The van der Waals surface area contributed by atoms with Crippen LogP contribution >= 0.6 is 0 Å². The fourth-order valence-electron chi connectivity index (χ4n) is 3.37. The van der Waals surface area contributed by atoms with Crippen molar-refractivity contribution >= 4 is 5.69 Å². The van der Waals surface area contributed by atoms with Crippen molar-refractivity contribution in [3.05, 3.63) is 42.0 Å². The normalized spacial score (nSPS) is 30.7. The summed E-state index contributed by atoms with van der Waals surface area (Å²) < 4.78 is 27.1. The van der Waals surface area contributed by atoms with Gasteiger partial charge in [-0.05, 0) is 49.7 Å². The summed E-state index contributed by atoms with van der Waals surface area (Å²) in [5.74, 6) is 0.710. The van der Waals surface area contributed by atoms with E-state index in [1.54, 1.807) is 0 Å². The zero-order valence-corrected chi connectivity index (χ0v) is 10.4. The second kappa shape index (κ2) is 4.38. The van der Waals surface area contributed by atoms with Gasteiger partial charge in [-0.2, -0.15) is 0 Å². The first-order valence-electron chi connectivity index (χ1n) is 6.54. The van der Waals surface area contributed by atoms with Crippen LogP contribution in [0.5, 0.6) is 0 Å². The van der Waals surface area contributed by atoms with Crippen LogP contribution in [0.15, 0.2) is 30.4 Å². The Kier molecular flexibility index (Phi) is 2.84. The monoisotopic (exact) mass is 249 g/mol. The van der Waals surface area contributed by atoms with Crippen molar-refractivity contribution in [3.8, 4) is 0 Å². The highest BCUT2D eigenvalue weighted by Gasteiger charge is 2.38. The third-order valence-corrected chi connectivity index (χ3v) is 4.31. The number of para-hydroxylation sites is 1. The van der Waals surface area contributed by atoms with Gasteiger partial charge in [0.2, 0.25) is 0 Å². The van der Waals surface area contributed by atoms with Crippen LogP contribution in [0.25, 0.3) is 0 Å². The van der Waals surface area contributed by atoms with Crippen LogP contribution in [0.1, 0.15) is 19.8 Å². The Hall–Kier alpha value is -1.38. The molecule has 96 valence electrons. The zero-order valence-electron chi connectivity index (χ0n) is 10.4. The molecule has 4 unspecified atom stereocenters. The van der Waals surface area contributed by atoms with Gasteiger partial charge < -0.3 is 5.32 Å². The molecule has 3 rings (SSSR count). The highest BCUT2D eigenvalue weighted by atomic mass is 19.1. The third-order valence-electron chi connectivity index (χ3n) is 4.31. The van der Waals surface area contributed by atoms with Crippen molar-refractivity contribution in [1.82, 2.24) is 0 Å². The molecule has 1 saturated carbocycles. The first-order chi connectivity index (χ1) is 8.65. The molecule has 1 fully saturated rings. The standard InChI is InChI=1S/C15H17F2N/c1-9(12-8-10-5-6-11(12)7-10)18-15-13(16)3-2-4-14(15)17/h2-6,9-12,18H,7-8H2,1H3. The Balaban J connectivity index is 1.75. The van der Waals surface area contributed by atoms with Gasteiger partial charge in [0, 0.05) is 6.04 Å². The largest absolute Gasteiger partial charge is 0.378 e. The minimum Gasteiger partial charge on any atom is -0.378 e. The first-order valence-corrected chi connectivity index (χ1v) is 6.54. The SMILES string of the molecule is CC(Nc1c(F)cccc1F)C1CC2C=CC1C2. The molecule has 2 aliphatic rings. The average Bonchev–Trinajstić information content (AvgIpc) is 2.96. The molecule has 0 aliphatic heterocycles. The number of hydrogen-bond acceptors (Lipinski definition) is 1. The van der Waals surface area contributed by atoms with Crippen LogP contribution in [0.4, 0.5) is 14.5 Å². The van der Waals surface area contributed by atoms with Gasteiger partial charge in [-0.15, -0.1) is 0 Å². The van der Waals surface area contributed by atoms with Gasteiger partial charge in [0.05, 0.1) is 0 Å². The lowest BCUT2D eigenvalue weighted by atomic mass is 9.87. The van der Waals surface area contributed by atoms with Gasteiger partial charge in [0.25, 0.3) is 0 Å². The predicted molar refractivity (Wildman–Crippen MR) is 68.3 cm³/mol. The molecule has 1 aromatic carbocycles. The summed E-state index contributed by atoms with van der Waals surface area (Å²) in [5, 5.41) is 3.02. The van der Waals surface area contributed by atoms with E-state index < -0.39 is 11.6 Å². The summed E-state index contributed by atoms with van der Waals surface area (Å²) in [6.07, 6.45) is 6.87. The van der Waals surface area contributed by atoms with Crippen LogP contribution < -0.4 is 5.32 Å². The van der Waals surface area contributed by atoms with Crippen LogP contribution in [0, 0.1) is 29.4 Å². The lowest BCUT2D eigenvalue weighted by Crippen LogP contribution is -2.29. The van der Waals surface area contributed by atoms with Gasteiger partial charge in [-0.3, -0.25) is 0 Å². The Labute approximate surface area is 106 Å². The molecule has 1 N–H and O–H groups in total. The Morgan fingerprint density at radius 3 is 2.44 bits per heavy atom. The molecule has 0 saturated heterocycles. The number of anilines is 1. The summed E-state index contributed by atoms with van der Waals surface area (Å²) in [4.78, 5) is 0. The van der Waals surface area contributed by atoms with E-state index in [1.165, 1.54) is 24.6 Å². The lowest BCUT2D eigenvalue weighted by Gasteiger charge is -2.27. The molecule has 0 aromatic heterocycles. The van der Waals surface area contributed by atoms with E-state index in [9.17, 15) is 8.78 Å². The van der Waals surface area contributed by atoms with E-state index in [-0.39, 0.29) is 11.7 Å². The number of rotatable bonds is 3. The van der Waals surface area contributed by atoms with Crippen LogP contribution in [-0.4, -0.2) is 6.04 Å². The molecule has 4 atom stereocenters. The minimum atomic E-state index is -0.513. The van der Waals surface area contributed by atoms with E-state index >= 15 is 0 Å². The quantitative estimate of drug-likeness (QED) is 0.799. The molecule has 0 radical (unpaired) electrons. The third kappa shape index (κ3) is 1.92. The summed E-state index contributed by atoms with van der Waals surface area (Å²) in [6.45, 7) is 2.02. The fourth-order valence-corrected chi connectivity index (χ4v) is 3.37. The fraction of sp³-hybridized carbons (Fsp3) is 0.467. The summed E-state index contributed by atoms with van der Waals surface area (Å²) in [6, 6.07) is 4.06. The van der Waals surface area contributed by atoms with E-state index in [4.69, 9.17) is 0 Å². The summed E-state index contributed by atoms with van der Waals surface area (Å²) >= 11 is 0. The van der Waals surface area contributed by atoms with Gasteiger partial charge in [0.15, 0.2) is 0 Å². The molecule has 1 aromatic rings. The van der Waals surface area contributed by atoms with Gasteiger partial charge in [-0.1, -0.05) is 18.2 Å². The second-order valence-electron chi connectivity index (χ2n) is 5.47. The average molecular weight is 249 g/mol. The Bertz CT molecular complexity index is 463. The second-order valence-corrected chi connectivity index (χ2v) is 5.47. The van der Waals surface area contributed by atoms with Crippen molar-refractivity contribution in [3.63, 3.8) is 0 Å². The number of nitrogens with one attached hydrogen (secondary N) is 1. The van der Waals surface area contributed by atoms with Crippen molar-refractivity contribution in [2.75, 3.05) is 5.32 Å². The van der Waals surface area contributed by atoms with Crippen molar-refractivity contribution in [2.45, 2.75) is 25.8 Å². The zero-order chi connectivity index (χ0) is 12.7. The van der Waals surface area contributed by atoms with Gasteiger partial charge in [-0.25, -0.2) is 8.78 Å². The van der Waals surface area contributed by atoms with Crippen LogP contribution in [0.2, 0.25) is 0 Å². The number of allylic oxidation sites excluding steroid dienone is 2. The highest BCUT2D eigenvalue weighted by molar-refractivity contribution is 5.47. The molecule has 1 nitrogen and oxygen atoms in total. The maximum absolute atomic E-state index is 13.6. The molecule has 0 amide bonds. The Morgan fingerprint density at radius 1 is 1.17 bits per heavy atom. The molecular formula is C15H17F2N. The molecule has 3 heteroatoms. The maximum Gasteiger partial charge on any atom is 0.149 e. The van der Waals surface area contributed by atoms with Crippen LogP contribution in [0.3, 0.4) is 0 Å². The molecule has 2 bridgehead atoms. The smallest absolute Gasteiger partial charge is 0.149 e. The van der Waals surface area contributed by atoms with E-state index in [2.05, 4.69) is 17.5 Å². The van der Waals surface area contributed by atoms with Gasteiger partial charge >= 0.3 is 0 Å². The van der Waals surface area contributed by atoms with Crippen molar-refractivity contribution in [2.24, 2.45) is 17.8 Å². The topological polar surface area (TPSA) is 12.0 Å². The van der Waals surface area contributed by atoms with Crippen molar-refractivity contribution in [1.29, 1.82) is 0 Å². The number of fused-ring (bicyclic) bond motifs is 2. The summed E-state index contributed by atoms with van der Waals surface area (Å²) in [7, 11) is 0. The maximum atomic E-state index is 13.6. The highest BCUT2D eigenvalue weighted by Crippen LogP contribution is 2.45. The molecular weight excluding hydrogens is 232 g/mol. The predicted octanol–water partition coefficient (Wildman–Crippen LogP) is 3.98. The Morgan fingerprint density at radius 2 is 1.89 bits per heavy atom. The molecule has 2 aliphatic carbocycles. The van der Waals surface area contributed by atoms with E-state index in [0.717, 1.165) is 6.42 Å². The lowest BCUT2D eigenvalue weighted by molar-refractivity contribution is 0.397. The summed E-state index contributed by atoms with van der Waals surface area (Å²) in [5.41, 5.74) is 0.0109.